The van der Waals surface area contributed by atoms with Crippen molar-refractivity contribution in [2.45, 2.75) is 26.2 Å². The van der Waals surface area contributed by atoms with E-state index < -0.39 is 7.59 Å². The van der Waals surface area contributed by atoms with Crippen molar-refractivity contribution in [1.29, 1.82) is 0 Å². The Bertz CT molecular complexity index is 52.4. The van der Waals surface area contributed by atoms with Crippen LogP contribution in [0.2, 0.25) is 26.2 Å². The fraction of sp³-hybridized carbons (Fsp3) is 1.00. The average Bonchev–Trinajstić information content (AvgIpc) is 1.31. The minimum absolute atomic E-state index is 0.106. The molecular formula is C4H12Si3. The molecule has 3 heteroatoms. The molecule has 0 nitrogen and oxygen atoms in total. The van der Waals surface area contributed by atoms with E-state index in [1.807, 2.05) is 0 Å². The molecule has 4 radical (unpaired) electrons. The Morgan fingerprint density at radius 3 is 1.43 bits per heavy atom. The molecular weight excluding hydrogens is 132 g/mol. The Balaban J connectivity index is 3.54. The van der Waals surface area contributed by atoms with Crippen LogP contribution in [0.25, 0.3) is 0 Å². The Hall–Kier alpha value is 0.651. The van der Waals surface area contributed by atoms with Gasteiger partial charge >= 0.3 is 0 Å². The van der Waals surface area contributed by atoms with E-state index in [0.29, 0.717) is 0 Å². The summed E-state index contributed by atoms with van der Waals surface area (Å²) in [6.45, 7) is 9.52. The van der Waals surface area contributed by atoms with Crippen LogP contribution >= 0.6 is 0 Å². The molecule has 0 amide bonds. The first kappa shape index (κ1) is 7.65. The highest BCUT2D eigenvalue weighted by molar-refractivity contribution is 7.47. The van der Waals surface area contributed by atoms with Gasteiger partial charge < -0.3 is 0 Å². The van der Waals surface area contributed by atoms with Crippen LogP contribution in [0.1, 0.15) is 0 Å². The number of hydrogen-bond acceptors (Lipinski definition) is 0. The van der Waals surface area contributed by atoms with Crippen molar-refractivity contribution in [2.24, 2.45) is 0 Å². The molecule has 0 aliphatic carbocycles. The molecule has 0 fully saturated rings. The molecule has 0 atom stereocenters. The van der Waals surface area contributed by atoms with Gasteiger partial charge in [-0.05, 0) is 0 Å². The van der Waals surface area contributed by atoms with Crippen LogP contribution in [0.4, 0.5) is 0 Å². The summed E-state index contributed by atoms with van der Waals surface area (Å²) in [6.07, 6.45) is 0. The first-order chi connectivity index (χ1) is 2.94. The Morgan fingerprint density at radius 2 is 1.43 bits per heavy atom. The lowest BCUT2D eigenvalue weighted by Gasteiger charge is -2.18. The molecule has 0 unspecified atom stereocenters. The van der Waals surface area contributed by atoms with Gasteiger partial charge in [0.05, 0.1) is 0 Å². The van der Waals surface area contributed by atoms with E-state index in [9.17, 15) is 0 Å². The van der Waals surface area contributed by atoms with E-state index >= 15 is 0 Å². The molecule has 0 aromatic heterocycles. The molecule has 0 spiro atoms. The van der Waals surface area contributed by atoms with E-state index in [4.69, 9.17) is 0 Å². The molecule has 0 aromatic carbocycles. The largest absolute Gasteiger partial charge is 0.0757 e. The summed E-state index contributed by atoms with van der Waals surface area (Å²) >= 11 is 0. The predicted molar refractivity (Wildman–Crippen MR) is 40.7 cm³/mol. The molecule has 7 heavy (non-hydrogen) atoms. The number of rotatable bonds is 1. The lowest BCUT2D eigenvalue weighted by Crippen LogP contribution is -2.40. The Labute approximate surface area is 51.9 Å². The maximum Gasteiger partial charge on any atom is 0.0321 e. The van der Waals surface area contributed by atoms with Crippen LogP contribution in [0.15, 0.2) is 0 Å². The van der Waals surface area contributed by atoms with Gasteiger partial charge in [-0.25, -0.2) is 0 Å². The van der Waals surface area contributed by atoms with Crippen molar-refractivity contribution in [1.82, 2.24) is 0 Å². The summed E-state index contributed by atoms with van der Waals surface area (Å²) in [4.78, 5) is 0. The summed E-state index contributed by atoms with van der Waals surface area (Å²) in [7, 11) is 2.88. The summed E-state index contributed by atoms with van der Waals surface area (Å²) in [5, 5.41) is 0. The lowest BCUT2D eigenvalue weighted by molar-refractivity contribution is 1.84. The second kappa shape index (κ2) is 2.28. The maximum atomic E-state index is 3.70. The van der Waals surface area contributed by atoms with Crippen LogP contribution in [-0.2, 0) is 0 Å². The predicted octanol–water partition coefficient (Wildman–Crippen LogP) is 1.19. The fourth-order valence-corrected chi connectivity index (χ4v) is 0. The zero-order valence-electron chi connectivity index (χ0n) is 5.50. The van der Waals surface area contributed by atoms with Crippen molar-refractivity contribution in [3.05, 3.63) is 0 Å². The van der Waals surface area contributed by atoms with Crippen LogP contribution in [-0.4, -0.2) is 25.2 Å². The highest BCUT2D eigenvalue weighted by atomic mass is 29.6. The van der Waals surface area contributed by atoms with Gasteiger partial charge in [0.2, 0.25) is 0 Å². The molecule has 0 heterocycles. The highest BCUT2D eigenvalue weighted by Crippen LogP contribution is 2.01. The molecule has 40 valence electrons. The Morgan fingerprint density at radius 1 is 1.29 bits per heavy atom. The van der Waals surface area contributed by atoms with Gasteiger partial charge in [-0.3, -0.25) is 0 Å². The van der Waals surface area contributed by atoms with Crippen molar-refractivity contribution in [3.63, 3.8) is 0 Å². The monoisotopic (exact) mass is 144 g/mol. The summed E-state index contributed by atoms with van der Waals surface area (Å²) in [5.74, 6) is 0. The normalized spacial score (nSPS) is 12.9. The minimum Gasteiger partial charge on any atom is -0.0757 e. The second-order valence-electron chi connectivity index (χ2n) is 2.88. The summed E-state index contributed by atoms with van der Waals surface area (Å²) < 4.78 is 0. The zero-order chi connectivity index (χ0) is 6.08. The zero-order valence-corrected chi connectivity index (χ0v) is 8.50. The second-order valence-corrected chi connectivity index (χ2v) is 19.1. The van der Waals surface area contributed by atoms with E-state index in [1.165, 1.54) is 0 Å². The molecule has 0 N–H and O–H groups in total. The molecule has 0 rings (SSSR count). The molecule has 0 saturated carbocycles. The fourth-order valence-electron chi connectivity index (χ4n) is 0. The molecule has 0 aliphatic heterocycles. The number of hydrogen-bond donors (Lipinski definition) is 0. The van der Waals surface area contributed by atoms with Crippen LogP contribution in [0.5, 0.6) is 0 Å². The van der Waals surface area contributed by atoms with Crippen LogP contribution in [0, 0.1) is 0 Å². The smallest absolute Gasteiger partial charge is 0.0321 e. The van der Waals surface area contributed by atoms with Gasteiger partial charge in [-0.15, -0.1) is 0 Å². The first-order valence-corrected chi connectivity index (χ1v) is 10.5. The average molecular weight is 144 g/mol. The van der Waals surface area contributed by atoms with Gasteiger partial charge in [-0.2, -0.15) is 0 Å². The van der Waals surface area contributed by atoms with Gasteiger partial charge in [0.25, 0.3) is 0 Å². The third-order valence-electron chi connectivity index (χ3n) is 1.12. The van der Waals surface area contributed by atoms with Gasteiger partial charge in [0, 0.05) is 25.2 Å². The van der Waals surface area contributed by atoms with Gasteiger partial charge in [-0.1, -0.05) is 26.2 Å². The van der Waals surface area contributed by atoms with E-state index in [0.717, 1.165) is 0 Å². The molecule has 0 bridgehead atoms. The van der Waals surface area contributed by atoms with Crippen molar-refractivity contribution >= 4 is 25.2 Å². The molecule has 0 aliphatic rings. The van der Waals surface area contributed by atoms with E-state index in [2.05, 4.69) is 35.9 Å². The maximum absolute atomic E-state index is 3.70. The van der Waals surface area contributed by atoms with E-state index in [1.54, 1.807) is 0 Å². The topological polar surface area (TPSA) is 0 Å². The quantitative estimate of drug-likeness (QED) is 0.485. The van der Waals surface area contributed by atoms with E-state index in [-0.39, 0.29) is 7.83 Å². The summed E-state index contributed by atoms with van der Waals surface area (Å²) in [5.41, 5.74) is 0. The van der Waals surface area contributed by atoms with Crippen LogP contribution < -0.4 is 0 Å². The standard InChI is InChI=1S/C4H12Si3/c1-6(5)7(2,3)4/h1-4H3. The Kier molecular flexibility index (Phi) is 2.49. The van der Waals surface area contributed by atoms with Crippen molar-refractivity contribution in [3.8, 4) is 0 Å². The van der Waals surface area contributed by atoms with Crippen molar-refractivity contribution in [2.75, 3.05) is 0 Å². The minimum atomic E-state index is -0.719. The lowest BCUT2D eigenvalue weighted by atomic mass is 11.8. The van der Waals surface area contributed by atoms with Gasteiger partial charge in [0.15, 0.2) is 0 Å². The SMILES string of the molecule is C[Si]([Si])[Si](C)(C)C. The summed E-state index contributed by atoms with van der Waals surface area (Å²) in [6, 6.07) is 0. The highest BCUT2D eigenvalue weighted by Gasteiger charge is 2.17. The van der Waals surface area contributed by atoms with Gasteiger partial charge in [0.1, 0.15) is 0 Å². The molecule has 0 aromatic rings. The van der Waals surface area contributed by atoms with Crippen molar-refractivity contribution < 1.29 is 0 Å². The first-order valence-electron chi connectivity index (χ1n) is 2.50. The molecule has 0 saturated heterocycles. The van der Waals surface area contributed by atoms with Crippen LogP contribution in [0.3, 0.4) is 0 Å². The third kappa shape index (κ3) is 3.25. The third-order valence-corrected chi connectivity index (χ3v) is 16.9.